The molecule has 0 radical (unpaired) electrons. The van der Waals surface area contributed by atoms with Crippen LogP contribution in [0, 0.1) is 0 Å². The number of halogens is 3. The molecular formula is C13H15F3N4O3. The molecular weight excluding hydrogens is 317 g/mol. The van der Waals surface area contributed by atoms with Crippen LogP contribution in [0.5, 0.6) is 0 Å². The third kappa shape index (κ3) is 5.58. The van der Waals surface area contributed by atoms with Gasteiger partial charge in [0.05, 0.1) is 6.21 Å². The highest BCUT2D eigenvalue weighted by atomic mass is 19.4. The van der Waals surface area contributed by atoms with Crippen molar-refractivity contribution < 1.29 is 27.9 Å². The van der Waals surface area contributed by atoms with E-state index in [1.165, 1.54) is 0 Å². The number of nitrogens with two attached hydrogens (primary N) is 2. The monoisotopic (exact) mass is 332 g/mol. The first-order valence-electron chi connectivity index (χ1n) is 6.32. The van der Waals surface area contributed by atoms with E-state index in [1.54, 1.807) is 11.1 Å². The molecule has 1 saturated heterocycles. The Morgan fingerprint density at radius 1 is 1.48 bits per heavy atom. The molecule has 126 valence electrons. The average Bonchev–Trinajstić information content (AvgIpc) is 2.47. The predicted molar refractivity (Wildman–Crippen MR) is 75.3 cm³/mol. The summed E-state index contributed by atoms with van der Waals surface area (Å²) in [7, 11) is 0. The van der Waals surface area contributed by atoms with E-state index in [0.29, 0.717) is 13.1 Å². The zero-order valence-electron chi connectivity index (χ0n) is 11.8. The molecule has 2 rings (SSSR count). The number of carboxylic acid groups (broad SMARTS) is 1. The van der Waals surface area contributed by atoms with Gasteiger partial charge in [0.25, 0.3) is 0 Å². The lowest BCUT2D eigenvalue weighted by Crippen LogP contribution is -2.60. The van der Waals surface area contributed by atoms with Gasteiger partial charge in [0.1, 0.15) is 6.04 Å². The van der Waals surface area contributed by atoms with Crippen molar-refractivity contribution in [3.05, 3.63) is 35.4 Å². The summed E-state index contributed by atoms with van der Waals surface area (Å²) >= 11 is 0. The fourth-order valence-corrected chi connectivity index (χ4v) is 1.75. The van der Waals surface area contributed by atoms with Crippen LogP contribution < -0.4 is 11.6 Å². The highest BCUT2D eigenvalue weighted by Crippen LogP contribution is 2.14. The number of benzene rings is 1. The summed E-state index contributed by atoms with van der Waals surface area (Å²) in [5, 5.41) is 10.6. The molecule has 1 aromatic carbocycles. The van der Waals surface area contributed by atoms with Crippen molar-refractivity contribution in [1.82, 2.24) is 4.90 Å². The van der Waals surface area contributed by atoms with Crippen LogP contribution in [0.3, 0.4) is 0 Å². The highest BCUT2D eigenvalue weighted by Gasteiger charge is 2.38. The van der Waals surface area contributed by atoms with Gasteiger partial charge in [0.15, 0.2) is 0 Å². The summed E-state index contributed by atoms with van der Waals surface area (Å²) in [6.45, 7) is 1.23. The van der Waals surface area contributed by atoms with E-state index in [-0.39, 0.29) is 11.9 Å². The third-order valence-electron chi connectivity index (χ3n) is 2.84. The molecule has 1 fully saturated rings. The van der Waals surface area contributed by atoms with E-state index in [4.69, 9.17) is 21.5 Å². The maximum atomic E-state index is 11.3. The smallest absolute Gasteiger partial charge is 0.475 e. The van der Waals surface area contributed by atoms with Crippen molar-refractivity contribution in [3.8, 4) is 0 Å². The van der Waals surface area contributed by atoms with E-state index < -0.39 is 12.1 Å². The summed E-state index contributed by atoms with van der Waals surface area (Å²) in [5.74, 6) is 2.33. The number of hydrogen-bond donors (Lipinski definition) is 3. The van der Waals surface area contributed by atoms with Gasteiger partial charge in [-0.1, -0.05) is 18.2 Å². The molecule has 1 aliphatic rings. The van der Waals surface area contributed by atoms with E-state index in [9.17, 15) is 18.0 Å². The number of alkyl halides is 3. The van der Waals surface area contributed by atoms with Crippen LogP contribution in [-0.2, 0) is 16.1 Å². The van der Waals surface area contributed by atoms with E-state index >= 15 is 0 Å². The molecule has 0 saturated carbocycles. The zero-order chi connectivity index (χ0) is 17.6. The van der Waals surface area contributed by atoms with Crippen molar-refractivity contribution in [2.75, 3.05) is 6.54 Å². The Morgan fingerprint density at radius 3 is 2.52 bits per heavy atom. The largest absolute Gasteiger partial charge is 0.490 e. The van der Waals surface area contributed by atoms with Gasteiger partial charge in [-0.05, 0) is 17.2 Å². The number of nitrogens with zero attached hydrogens (tertiary/aromatic N) is 2. The molecule has 1 atom stereocenters. The molecule has 0 unspecified atom stereocenters. The van der Waals surface area contributed by atoms with Gasteiger partial charge in [-0.25, -0.2) is 4.79 Å². The Kier molecular flexibility index (Phi) is 6.08. The summed E-state index contributed by atoms with van der Waals surface area (Å²) < 4.78 is 31.7. The van der Waals surface area contributed by atoms with Crippen LogP contribution >= 0.6 is 0 Å². The lowest BCUT2D eigenvalue weighted by Gasteiger charge is -2.36. The van der Waals surface area contributed by atoms with Gasteiger partial charge >= 0.3 is 12.1 Å². The van der Waals surface area contributed by atoms with Crippen LogP contribution in [0.2, 0.25) is 0 Å². The molecule has 0 bridgehead atoms. The maximum Gasteiger partial charge on any atom is 0.490 e. The van der Waals surface area contributed by atoms with E-state index in [0.717, 1.165) is 11.1 Å². The van der Waals surface area contributed by atoms with Crippen molar-refractivity contribution in [2.24, 2.45) is 16.7 Å². The molecule has 1 aromatic rings. The molecule has 5 N–H and O–H groups in total. The normalized spacial score (nSPS) is 17.5. The number of hydrazone groups is 1. The molecule has 0 aliphatic carbocycles. The fraction of sp³-hybridized carbons (Fsp3) is 0.308. The minimum atomic E-state index is -5.08. The lowest BCUT2D eigenvalue weighted by molar-refractivity contribution is -0.192. The van der Waals surface area contributed by atoms with Gasteiger partial charge in [-0.15, -0.1) is 0 Å². The Labute approximate surface area is 129 Å². The van der Waals surface area contributed by atoms with Crippen LogP contribution in [0.1, 0.15) is 11.1 Å². The second-order valence-electron chi connectivity index (χ2n) is 4.65. The SMILES string of the molecule is NN=Cc1cccc(CN2C[C@H](N)C2=O)c1.O=C(O)C(F)(F)F. The molecule has 1 aliphatic heterocycles. The summed E-state index contributed by atoms with van der Waals surface area (Å²) in [5.41, 5.74) is 7.50. The van der Waals surface area contributed by atoms with Gasteiger partial charge in [0.2, 0.25) is 5.91 Å². The Balaban J connectivity index is 0.000000322. The Hall–Kier alpha value is -2.62. The third-order valence-corrected chi connectivity index (χ3v) is 2.84. The molecule has 1 amide bonds. The highest BCUT2D eigenvalue weighted by molar-refractivity contribution is 5.87. The van der Waals surface area contributed by atoms with Crippen LogP contribution in [0.25, 0.3) is 0 Å². The molecule has 0 spiro atoms. The molecule has 7 nitrogen and oxygen atoms in total. The first-order valence-corrected chi connectivity index (χ1v) is 6.32. The summed E-state index contributed by atoms with van der Waals surface area (Å²) in [6, 6.07) is 7.42. The number of likely N-dealkylation sites (tertiary alicyclic amines) is 1. The van der Waals surface area contributed by atoms with Gasteiger partial charge in [-0.2, -0.15) is 18.3 Å². The summed E-state index contributed by atoms with van der Waals surface area (Å²) in [4.78, 5) is 22.0. The number of carboxylic acids is 1. The van der Waals surface area contributed by atoms with Gasteiger partial charge < -0.3 is 21.6 Å². The van der Waals surface area contributed by atoms with Gasteiger partial charge in [-0.3, -0.25) is 4.79 Å². The Morgan fingerprint density at radius 2 is 2.09 bits per heavy atom. The number of carbonyl (C=O) groups is 2. The number of carbonyl (C=O) groups excluding carboxylic acids is 1. The first-order chi connectivity index (χ1) is 10.6. The first kappa shape index (κ1) is 18.4. The van der Waals surface area contributed by atoms with E-state index in [2.05, 4.69) is 5.10 Å². The number of aliphatic carboxylic acids is 1. The number of hydrogen-bond acceptors (Lipinski definition) is 5. The topological polar surface area (TPSA) is 122 Å². The zero-order valence-corrected chi connectivity index (χ0v) is 11.8. The van der Waals surface area contributed by atoms with Gasteiger partial charge in [0, 0.05) is 13.1 Å². The minimum absolute atomic E-state index is 0.0119. The fourth-order valence-electron chi connectivity index (χ4n) is 1.75. The van der Waals surface area contributed by atoms with Crippen molar-refractivity contribution in [2.45, 2.75) is 18.8 Å². The molecule has 1 heterocycles. The molecule has 0 aromatic heterocycles. The number of β-lactam (4-membered cyclic amide) rings is 1. The molecule has 23 heavy (non-hydrogen) atoms. The number of amides is 1. The van der Waals surface area contributed by atoms with Crippen LogP contribution in [-0.4, -0.2) is 46.9 Å². The standard InChI is InChI=1S/C11H14N4O.C2HF3O2/c12-10-7-15(11(10)16)6-9-3-1-2-8(4-9)5-14-13;3-2(4,5)1(6)7/h1-5,10H,6-7,12-13H2;(H,6,7)/t10-;/m0./s1. The van der Waals surface area contributed by atoms with Crippen molar-refractivity contribution in [3.63, 3.8) is 0 Å². The second kappa shape index (κ2) is 7.58. The van der Waals surface area contributed by atoms with E-state index in [1.807, 2.05) is 24.3 Å². The summed E-state index contributed by atoms with van der Waals surface area (Å²) in [6.07, 6.45) is -3.51. The Bertz CT molecular complexity index is 604. The number of rotatable bonds is 3. The lowest BCUT2D eigenvalue weighted by atomic mass is 10.1. The van der Waals surface area contributed by atoms with Crippen LogP contribution in [0.4, 0.5) is 13.2 Å². The predicted octanol–water partition coefficient (Wildman–Crippen LogP) is 0.282. The minimum Gasteiger partial charge on any atom is -0.475 e. The van der Waals surface area contributed by atoms with Crippen molar-refractivity contribution >= 4 is 18.1 Å². The van der Waals surface area contributed by atoms with Crippen molar-refractivity contribution in [1.29, 1.82) is 0 Å². The average molecular weight is 332 g/mol. The van der Waals surface area contributed by atoms with Crippen LogP contribution in [0.15, 0.2) is 29.4 Å². The molecule has 10 heteroatoms. The second-order valence-corrected chi connectivity index (χ2v) is 4.65. The maximum absolute atomic E-state index is 11.3. The quantitative estimate of drug-likeness (QED) is 0.318.